The Balaban J connectivity index is 4.89. The first-order chi connectivity index (χ1) is 7.30. The van der Waals surface area contributed by atoms with Gasteiger partial charge in [0.25, 0.3) is 0 Å². The van der Waals surface area contributed by atoms with Gasteiger partial charge in [0.1, 0.15) is 0 Å². The molecular weight excluding hydrogens is 268 g/mol. The first kappa shape index (κ1) is 17.5. The molecule has 0 rings (SSSR count). The van der Waals surface area contributed by atoms with E-state index < -0.39 is 25.7 Å². The van der Waals surface area contributed by atoms with E-state index in [2.05, 4.69) is 0 Å². The Morgan fingerprint density at radius 3 is 1.35 bits per heavy atom. The van der Waals surface area contributed by atoms with Gasteiger partial charge in [0.05, 0.1) is 0 Å². The van der Waals surface area contributed by atoms with Gasteiger partial charge in [-0.25, -0.2) is 0 Å². The van der Waals surface area contributed by atoms with Gasteiger partial charge < -0.3 is 17.8 Å². The summed E-state index contributed by atoms with van der Waals surface area (Å²) >= 11 is 0. The minimum absolute atomic E-state index is 0.112. The molecule has 0 saturated heterocycles. The molecular formula is C10H28O4Si3. The molecule has 104 valence electrons. The van der Waals surface area contributed by atoms with Crippen molar-refractivity contribution in [1.29, 1.82) is 0 Å². The van der Waals surface area contributed by atoms with Gasteiger partial charge in [-0.3, -0.25) is 0 Å². The van der Waals surface area contributed by atoms with Crippen LogP contribution in [0.3, 0.4) is 0 Å². The maximum atomic E-state index is 10.7. The van der Waals surface area contributed by atoms with Crippen LogP contribution in [0.2, 0.25) is 37.3 Å². The lowest BCUT2D eigenvalue weighted by Crippen LogP contribution is -2.57. The average Bonchev–Trinajstić information content (AvgIpc) is 1.96. The zero-order chi connectivity index (χ0) is 14.1. The molecule has 0 fully saturated rings. The summed E-state index contributed by atoms with van der Waals surface area (Å²) in [7, 11) is -7.88. The molecule has 0 heterocycles. The molecule has 0 radical (unpaired) electrons. The van der Waals surface area contributed by atoms with Gasteiger partial charge in [-0.2, -0.15) is 0 Å². The highest BCUT2D eigenvalue weighted by molar-refractivity contribution is 6.85. The van der Waals surface area contributed by atoms with Crippen LogP contribution < -0.4 is 0 Å². The minimum atomic E-state index is -2.79. The van der Waals surface area contributed by atoms with Crippen molar-refractivity contribution in [2.45, 2.75) is 65.0 Å². The summed E-state index contributed by atoms with van der Waals surface area (Å²) < 4.78 is 11.7. The van der Waals surface area contributed by atoms with Crippen molar-refractivity contribution in [3.8, 4) is 0 Å². The Labute approximate surface area is 109 Å². The summed E-state index contributed by atoms with van der Waals surface area (Å²) in [4.78, 5) is 20.5. The van der Waals surface area contributed by atoms with Crippen molar-refractivity contribution < 1.29 is 17.8 Å². The lowest BCUT2D eigenvalue weighted by atomic mass is 10.5. The molecule has 2 N–H and O–H groups in total. The summed E-state index contributed by atoms with van der Waals surface area (Å²) in [5, 5.41) is 0. The molecule has 0 bridgehead atoms. The Kier molecular flexibility index (Phi) is 5.80. The zero-order valence-corrected chi connectivity index (χ0v) is 15.4. The van der Waals surface area contributed by atoms with E-state index >= 15 is 0 Å². The van der Waals surface area contributed by atoms with E-state index in [0.717, 1.165) is 0 Å². The first-order valence-electron chi connectivity index (χ1n) is 6.15. The molecule has 7 heteroatoms. The summed E-state index contributed by atoms with van der Waals surface area (Å²) in [6.45, 7) is 15.2. The van der Waals surface area contributed by atoms with E-state index in [1.54, 1.807) is 13.1 Å². The molecule has 0 aliphatic carbocycles. The lowest BCUT2D eigenvalue weighted by molar-refractivity contribution is 0.271. The van der Waals surface area contributed by atoms with Gasteiger partial charge in [0, 0.05) is 0 Å². The third-order valence-corrected chi connectivity index (χ3v) is 13.1. The van der Waals surface area contributed by atoms with Crippen LogP contribution in [0.4, 0.5) is 0 Å². The molecule has 0 spiro atoms. The molecule has 0 aromatic heterocycles. The van der Waals surface area contributed by atoms with Gasteiger partial charge in [-0.1, -0.05) is 27.7 Å². The first-order valence-corrected chi connectivity index (χ1v) is 13.8. The highest BCUT2D eigenvalue weighted by Gasteiger charge is 2.48. The Bertz CT molecular complexity index is 240. The normalized spacial score (nSPS) is 14.8. The van der Waals surface area contributed by atoms with Gasteiger partial charge in [-0.05, 0) is 37.3 Å². The molecule has 0 unspecified atom stereocenters. The van der Waals surface area contributed by atoms with Crippen molar-refractivity contribution in [3.63, 3.8) is 0 Å². The smallest absolute Gasteiger partial charge is 0.331 e. The van der Waals surface area contributed by atoms with Crippen molar-refractivity contribution in [1.82, 2.24) is 0 Å². The fourth-order valence-electron chi connectivity index (χ4n) is 1.92. The monoisotopic (exact) mass is 296 g/mol. The van der Waals surface area contributed by atoms with Crippen LogP contribution in [0, 0.1) is 0 Å². The van der Waals surface area contributed by atoms with E-state index in [1.807, 2.05) is 40.8 Å². The predicted molar refractivity (Wildman–Crippen MR) is 77.5 cm³/mol. The second-order valence-corrected chi connectivity index (χ2v) is 17.3. The summed E-state index contributed by atoms with van der Waals surface area (Å²) in [5.41, 5.74) is 0.225. The van der Waals surface area contributed by atoms with Crippen LogP contribution in [-0.4, -0.2) is 35.3 Å². The molecule has 0 saturated carbocycles. The fraction of sp³-hybridized carbons (Fsp3) is 1.00. The summed E-state index contributed by atoms with van der Waals surface area (Å²) in [6.07, 6.45) is 0. The van der Waals surface area contributed by atoms with E-state index in [0.29, 0.717) is 0 Å². The highest BCUT2D eigenvalue weighted by atomic mass is 28.5. The number of hydrogen-bond acceptors (Lipinski definition) is 4. The molecule has 0 atom stereocenters. The van der Waals surface area contributed by atoms with Crippen LogP contribution in [0.1, 0.15) is 27.7 Å². The third-order valence-electron chi connectivity index (χ3n) is 2.56. The Morgan fingerprint density at radius 2 is 1.12 bits per heavy atom. The highest BCUT2D eigenvalue weighted by Crippen LogP contribution is 2.34. The fourth-order valence-corrected chi connectivity index (χ4v) is 13.6. The van der Waals surface area contributed by atoms with Crippen LogP contribution in [0.25, 0.3) is 0 Å². The van der Waals surface area contributed by atoms with Gasteiger partial charge in [0.2, 0.25) is 0 Å². The van der Waals surface area contributed by atoms with E-state index in [9.17, 15) is 9.59 Å². The van der Waals surface area contributed by atoms with E-state index in [4.69, 9.17) is 8.23 Å². The average molecular weight is 297 g/mol. The number of rotatable bonds is 6. The van der Waals surface area contributed by atoms with Crippen LogP contribution in [0.5, 0.6) is 0 Å². The molecule has 0 aromatic rings. The standard InChI is InChI=1S/C10H28O4Si3/c1-9(2)17(12,10(3)4)14-16(7,8)13-15(5,6)11/h9-12H,1-8H3. The predicted octanol–water partition coefficient (Wildman–Crippen LogP) is 2.67. The van der Waals surface area contributed by atoms with Crippen molar-refractivity contribution in [2.75, 3.05) is 0 Å². The van der Waals surface area contributed by atoms with Gasteiger partial charge in [-0.15, -0.1) is 0 Å². The van der Waals surface area contributed by atoms with Crippen molar-refractivity contribution in [3.05, 3.63) is 0 Å². The molecule has 0 aliphatic rings. The van der Waals surface area contributed by atoms with E-state index in [-0.39, 0.29) is 11.1 Å². The molecule has 17 heavy (non-hydrogen) atoms. The minimum Gasteiger partial charge on any atom is -0.416 e. The van der Waals surface area contributed by atoms with Gasteiger partial charge >= 0.3 is 25.7 Å². The Hall–Kier alpha value is 0.491. The van der Waals surface area contributed by atoms with Crippen LogP contribution >= 0.6 is 0 Å². The molecule has 0 aromatic carbocycles. The van der Waals surface area contributed by atoms with Gasteiger partial charge in [0.15, 0.2) is 0 Å². The van der Waals surface area contributed by atoms with Crippen LogP contribution in [0.15, 0.2) is 0 Å². The maximum Gasteiger partial charge on any atom is 0.331 e. The Morgan fingerprint density at radius 1 is 0.765 bits per heavy atom. The topological polar surface area (TPSA) is 58.9 Å². The maximum absolute atomic E-state index is 10.7. The second kappa shape index (κ2) is 5.64. The number of hydrogen-bond donors (Lipinski definition) is 2. The summed E-state index contributed by atoms with van der Waals surface area (Å²) in [5.74, 6) is 0. The molecule has 0 amide bonds. The molecule has 0 aliphatic heterocycles. The van der Waals surface area contributed by atoms with Crippen LogP contribution in [-0.2, 0) is 8.23 Å². The lowest BCUT2D eigenvalue weighted by Gasteiger charge is -2.40. The summed E-state index contributed by atoms with van der Waals surface area (Å²) in [6, 6.07) is 0. The third kappa shape index (κ3) is 5.77. The molecule has 4 nitrogen and oxygen atoms in total. The largest absolute Gasteiger partial charge is 0.416 e. The SMILES string of the molecule is CC(C)[Si](O)(O[Si](C)(C)O[Si](C)(C)O)C(C)C. The van der Waals surface area contributed by atoms with Crippen molar-refractivity contribution in [2.24, 2.45) is 0 Å². The van der Waals surface area contributed by atoms with Crippen molar-refractivity contribution >= 4 is 25.7 Å². The van der Waals surface area contributed by atoms with E-state index in [1.165, 1.54) is 0 Å². The second-order valence-electron chi connectivity index (χ2n) is 6.11. The zero-order valence-electron chi connectivity index (χ0n) is 12.4. The quantitative estimate of drug-likeness (QED) is 0.740.